The highest BCUT2D eigenvalue weighted by molar-refractivity contribution is 8.00. The van der Waals surface area contributed by atoms with Crippen LogP contribution in [0.3, 0.4) is 0 Å². The number of rotatable bonds is 1. The number of carbonyl (C=O) groups is 2. The summed E-state index contributed by atoms with van der Waals surface area (Å²) in [4.78, 5) is 27.9. The van der Waals surface area contributed by atoms with E-state index in [1.54, 1.807) is 6.07 Å². The van der Waals surface area contributed by atoms with Crippen molar-refractivity contribution in [2.45, 2.75) is 36.8 Å². The minimum absolute atomic E-state index is 0.00882. The van der Waals surface area contributed by atoms with Gasteiger partial charge in [-0.25, -0.2) is 0 Å². The Balaban J connectivity index is 1.67. The molecule has 0 saturated carbocycles. The van der Waals surface area contributed by atoms with Crippen molar-refractivity contribution >= 4 is 35.0 Å². The lowest BCUT2D eigenvalue weighted by Crippen LogP contribution is -2.35. The number of carbonyl (C=O) groups excluding carboxylic acids is 2. The van der Waals surface area contributed by atoms with Gasteiger partial charge in [-0.2, -0.15) is 0 Å². The summed E-state index contributed by atoms with van der Waals surface area (Å²) in [6.45, 7) is 4.69. The van der Waals surface area contributed by atoms with E-state index >= 15 is 0 Å². The molecule has 2 amide bonds. The van der Waals surface area contributed by atoms with E-state index in [-0.39, 0.29) is 17.1 Å². The van der Waals surface area contributed by atoms with Crippen molar-refractivity contribution in [2.24, 2.45) is 0 Å². The monoisotopic (exact) mass is 352 g/mol. The van der Waals surface area contributed by atoms with Gasteiger partial charge in [0, 0.05) is 22.7 Å². The zero-order valence-corrected chi connectivity index (χ0v) is 15.2. The molecule has 128 valence electrons. The Bertz CT molecular complexity index is 878. The van der Waals surface area contributed by atoms with Crippen LogP contribution in [0.25, 0.3) is 0 Å². The first-order valence-corrected chi connectivity index (χ1v) is 9.44. The largest absolute Gasteiger partial charge is 0.324 e. The van der Waals surface area contributed by atoms with E-state index in [4.69, 9.17) is 0 Å². The summed E-state index contributed by atoms with van der Waals surface area (Å²) in [6, 6.07) is 11.9. The summed E-state index contributed by atoms with van der Waals surface area (Å²) in [5.41, 5.74) is 4.81. The SMILES string of the molecule is Cc1ccc2c(c1)CCCN2C(=O)c1ccc2c(c1)NC(=O)[C@@H](C)S2. The first kappa shape index (κ1) is 16.2. The van der Waals surface area contributed by atoms with Gasteiger partial charge in [0.2, 0.25) is 5.91 Å². The topological polar surface area (TPSA) is 49.4 Å². The Kier molecular flexibility index (Phi) is 4.04. The smallest absolute Gasteiger partial charge is 0.258 e. The Morgan fingerprint density at radius 3 is 2.92 bits per heavy atom. The number of fused-ring (bicyclic) bond motifs is 2. The Labute approximate surface area is 151 Å². The minimum atomic E-state index is -0.105. The summed E-state index contributed by atoms with van der Waals surface area (Å²) < 4.78 is 0. The molecule has 25 heavy (non-hydrogen) atoms. The maximum absolute atomic E-state index is 13.1. The lowest BCUT2D eigenvalue weighted by atomic mass is 9.98. The number of nitrogens with one attached hydrogen (secondary N) is 1. The van der Waals surface area contributed by atoms with Gasteiger partial charge in [-0.1, -0.05) is 17.7 Å². The van der Waals surface area contributed by atoms with E-state index in [0.717, 1.165) is 35.7 Å². The number of anilines is 2. The van der Waals surface area contributed by atoms with E-state index in [0.29, 0.717) is 5.56 Å². The molecule has 4 nitrogen and oxygen atoms in total. The second-order valence-corrected chi connectivity index (χ2v) is 8.04. The first-order chi connectivity index (χ1) is 12.0. The second kappa shape index (κ2) is 6.23. The van der Waals surface area contributed by atoms with Gasteiger partial charge in [0.15, 0.2) is 0 Å². The van der Waals surface area contributed by atoms with Gasteiger partial charge in [0.1, 0.15) is 0 Å². The van der Waals surface area contributed by atoms with Crippen LogP contribution in [0.1, 0.15) is 34.8 Å². The number of nitrogens with zero attached hydrogens (tertiary/aromatic N) is 1. The normalized spacial score (nSPS) is 19.0. The summed E-state index contributed by atoms with van der Waals surface area (Å²) in [7, 11) is 0. The fourth-order valence-electron chi connectivity index (χ4n) is 3.43. The van der Waals surface area contributed by atoms with Crippen LogP contribution < -0.4 is 10.2 Å². The van der Waals surface area contributed by atoms with E-state index in [1.165, 1.54) is 22.9 Å². The molecule has 2 heterocycles. The molecule has 2 aliphatic rings. The Morgan fingerprint density at radius 1 is 1.24 bits per heavy atom. The maximum atomic E-state index is 13.1. The molecular formula is C20H20N2O2S. The zero-order valence-electron chi connectivity index (χ0n) is 14.3. The second-order valence-electron chi connectivity index (χ2n) is 6.65. The lowest BCUT2D eigenvalue weighted by molar-refractivity contribution is -0.115. The summed E-state index contributed by atoms with van der Waals surface area (Å²) in [5, 5.41) is 2.80. The third-order valence-corrected chi connectivity index (χ3v) is 5.93. The molecule has 0 radical (unpaired) electrons. The number of hydrogen-bond donors (Lipinski definition) is 1. The van der Waals surface area contributed by atoms with E-state index in [1.807, 2.05) is 30.0 Å². The Morgan fingerprint density at radius 2 is 2.08 bits per heavy atom. The fourth-order valence-corrected chi connectivity index (χ4v) is 4.36. The third-order valence-electron chi connectivity index (χ3n) is 4.76. The van der Waals surface area contributed by atoms with Crippen LogP contribution >= 0.6 is 11.8 Å². The minimum Gasteiger partial charge on any atom is -0.324 e. The van der Waals surface area contributed by atoms with Crippen molar-refractivity contribution in [2.75, 3.05) is 16.8 Å². The molecule has 1 N–H and O–H groups in total. The molecule has 2 aromatic carbocycles. The molecule has 4 rings (SSSR count). The number of amides is 2. The molecule has 0 saturated heterocycles. The van der Waals surface area contributed by atoms with Crippen molar-refractivity contribution in [3.63, 3.8) is 0 Å². The molecule has 0 unspecified atom stereocenters. The van der Waals surface area contributed by atoms with Crippen LogP contribution in [0.15, 0.2) is 41.3 Å². The van der Waals surface area contributed by atoms with E-state index in [2.05, 4.69) is 24.4 Å². The van der Waals surface area contributed by atoms with Crippen molar-refractivity contribution in [1.82, 2.24) is 0 Å². The van der Waals surface area contributed by atoms with E-state index < -0.39 is 0 Å². The van der Waals surface area contributed by atoms with Crippen LogP contribution in [0.4, 0.5) is 11.4 Å². The predicted molar refractivity (Wildman–Crippen MR) is 102 cm³/mol. The fraction of sp³-hybridized carbons (Fsp3) is 0.300. The zero-order chi connectivity index (χ0) is 17.6. The van der Waals surface area contributed by atoms with Crippen LogP contribution in [0, 0.1) is 6.92 Å². The van der Waals surface area contributed by atoms with Gasteiger partial charge < -0.3 is 10.2 Å². The molecule has 2 aromatic rings. The Hall–Kier alpha value is -2.27. The standard InChI is InChI=1S/C20H20N2O2S/c1-12-5-7-17-14(10-12)4-3-9-22(17)20(24)15-6-8-18-16(11-15)21-19(23)13(2)25-18/h5-8,10-11,13H,3-4,9H2,1-2H3,(H,21,23)/t13-/m1/s1. The summed E-state index contributed by atoms with van der Waals surface area (Å²) >= 11 is 1.53. The number of hydrogen-bond acceptors (Lipinski definition) is 3. The van der Waals surface area contributed by atoms with Gasteiger partial charge in [0.25, 0.3) is 5.91 Å². The van der Waals surface area contributed by atoms with Crippen molar-refractivity contribution < 1.29 is 9.59 Å². The highest BCUT2D eigenvalue weighted by Crippen LogP contribution is 2.37. The number of benzene rings is 2. The first-order valence-electron chi connectivity index (χ1n) is 8.56. The third kappa shape index (κ3) is 2.93. The number of thioether (sulfide) groups is 1. The summed E-state index contributed by atoms with van der Waals surface area (Å²) in [5.74, 6) is -0.0219. The molecular weight excluding hydrogens is 332 g/mol. The summed E-state index contributed by atoms with van der Waals surface area (Å²) in [6.07, 6.45) is 1.98. The quantitative estimate of drug-likeness (QED) is 0.843. The van der Waals surface area contributed by atoms with Gasteiger partial charge in [-0.05, 0) is 56.5 Å². The van der Waals surface area contributed by atoms with Gasteiger partial charge in [0.05, 0.1) is 10.9 Å². The molecule has 0 aliphatic carbocycles. The average Bonchev–Trinajstić information content (AvgIpc) is 2.61. The molecule has 0 bridgehead atoms. The molecule has 0 aromatic heterocycles. The van der Waals surface area contributed by atoms with Crippen molar-refractivity contribution in [3.05, 3.63) is 53.1 Å². The highest BCUT2D eigenvalue weighted by Gasteiger charge is 2.27. The van der Waals surface area contributed by atoms with Gasteiger partial charge >= 0.3 is 0 Å². The molecule has 2 aliphatic heterocycles. The predicted octanol–water partition coefficient (Wildman–Crippen LogP) is 4.02. The molecule has 5 heteroatoms. The van der Waals surface area contributed by atoms with Crippen molar-refractivity contribution in [1.29, 1.82) is 0 Å². The van der Waals surface area contributed by atoms with Gasteiger partial charge in [-0.3, -0.25) is 9.59 Å². The van der Waals surface area contributed by atoms with Gasteiger partial charge in [-0.15, -0.1) is 11.8 Å². The van der Waals surface area contributed by atoms with Crippen LogP contribution in [0.5, 0.6) is 0 Å². The molecule has 1 atom stereocenters. The maximum Gasteiger partial charge on any atom is 0.258 e. The number of aryl methyl sites for hydroxylation is 2. The lowest BCUT2D eigenvalue weighted by Gasteiger charge is -2.30. The van der Waals surface area contributed by atoms with Crippen LogP contribution in [0.2, 0.25) is 0 Å². The molecule has 0 spiro atoms. The highest BCUT2D eigenvalue weighted by atomic mass is 32.2. The average molecular weight is 352 g/mol. The van der Waals surface area contributed by atoms with E-state index in [9.17, 15) is 9.59 Å². The van der Waals surface area contributed by atoms with Crippen molar-refractivity contribution in [3.8, 4) is 0 Å². The molecule has 0 fully saturated rings. The van der Waals surface area contributed by atoms with Crippen LogP contribution in [-0.4, -0.2) is 23.6 Å². The van der Waals surface area contributed by atoms with Crippen LogP contribution in [-0.2, 0) is 11.2 Å².